The van der Waals surface area contributed by atoms with Gasteiger partial charge in [0.1, 0.15) is 12.4 Å². The minimum absolute atomic E-state index is 0.238. The van der Waals surface area contributed by atoms with Crippen molar-refractivity contribution in [1.29, 1.82) is 0 Å². The van der Waals surface area contributed by atoms with Gasteiger partial charge in [-0.05, 0) is 68.3 Å². The van der Waals surface area contributed by atoms with Crippen LogP contribution < -0.4 is 10.1 Å². The third kappa shape index (κ3) is 7.11. The maximum absolute atomic E-state index is 12.4. The summed E-state index contributed by atoms with van der Waals surface area (Å²) in [5.41, 5.74) is 4.22. The molecule has 1 amide bonds. The summed E-state index contributed by atoms with van der Waals surface area (Å²) in [4.78, 5) is 24.5. The molecule has 3 rings (SSSR count). The molecule has 1 atom stereocenters. The molecule has 34 heavy (non-hydrogen) atoms. The summed E-state index contributed by atoms with van der Waals surface area (Å²) in [7, 11) is 0. The Bertz CT molecular complexity index is 1190. The number of halogens is 2. The van der Waals surface area contributed by atoms with Crippen LogP contribution in [0.15, 0.2) is 66.7 Å². The van der Waals surface area contributed by atoms with E-state index >= 15 is 0 Å². The van der Waals surface area contributed by atoms with Crippen molar-refractivity contribution >= 4 is 46.8 Å². The lowest BCUT2D eigenvalue weighted by Gasteiger charge is -2.14. The molecule has 0 saturated carbocycles. The maximum atomic E-state index is 12.4. The minimum Gasteiger partial charge on any atom is -0.489 e. The standard InChI is InChI=1S/C27H25Cl2NO4/c1-17-7-13-25(18(2)15-17)30-27(32)19(3)34-26(31)14-10-20-8-11-21(12-9-20)33-16-22-23(28)5-4-6-24(22)29/h4-15,19H,16H2,1-3H3,(H,30,32). The number of hydrogen-bond donors (Lipinski definition) is 1. The van der Waals surface area contributed by atoms with Gasteiger partial charge in [-0.3, -0.25) is 4.79 Å². The summed E-state index contributed by atoms with van der Waals surface area (Å²) < 4.78 is 11.0. The normalized spacial score (nSPS) is 11.8. The van der Waals surface area contributed by atoms with Crippen molar-refractivity contribution in [1.82, 2.24) is 0 Å². The molecule has 5 nitrogen and oxygen atoms in total. The largest absolute Gasteiger partial charge is 0.489 e. The second-order valence-corrected chi connectivity index (χ2v) is 8.59. The Kier molecular flexibility index (Phi) is 8.74. The van der Waals surface area contributed by atoms with Crippen LogP contribution in [-0.2, 0) is 20.9 Å². The van der Waals surface area contributed by atoms with Crippen LogP contribution >= 0.6 is 23.2 Å². The number of amides is 1. The molecule has 0 heterocycles. The minimum atomic E-state index is -0.940. The van der Waals surface area contributed by atoms with Gasteiger partial charge in [-0.1, -0.05) is 59.1 Å². The number of nitrogens with one attached hydrogen (secondary N) is 1. The lowest BCUT2D eigenvalue weighted by atomic mass is 10.1. The van der Waals surface area contributed by atoms with E-state index in [1.54, 1.807) is 48.5 Å². The molecular formula is C27H25Cl2NO4. The maximum Gasteiger partial charge on any atom is 0.331 e. The average Bonchev–Trinajstić information content (AvgIpc) is 2.80. The van der Waals surface area contributed by atoms with Gasteiger partial charge < -0.3 is 14.8 Å². The van der Waals surface area contributed by atoms with Crippen molar-refractivity contribution in [3.05, 3.63) is 99.0 Å². The van der Waals surface area contributed by atoms with Crippen molar-refractivity contribution in [3.8, 4) is 5.75 Å². The van der Waals surface area contributed by atoms with Crippen LogP contribution in [0, 0.1) is 13.8 Å². The van der Waals surface area contributed by atoms with Crippen LogP contribution in [0.25, 0.3) is 6.08 Å². The van der Waals surface area contributed by atoms with Crippen LogP contribution in [0.2, 0.25) is 10.0 Å². The van der Waals surface area contributed by atoms with Crippen LogP contribution in [0.3, 0.4) is 0 Å². The van der Waals surface area contributed by atoms with Gasteiger partial charge in [0.25, 0.3) is 5.91 Å². The predicted octanol–water partition coefficient (Wildman–Crippen LogP) is 6.77. The summed E-state index contributed by atoms with van der Waals surface area (Å²) in [6, 6.07) is 18.1. The van der Waals surface area contributed by atoms with Gasteiger partial charge in [-0.15, -0.1) is 0 Å². The molecular weight excluding hydrogens is 473 g/mol. The van der Waals surface area contributed by atoms with Crippen molar-refractivity contribution in [3.63, 3.8) is 0 Å². The highest BCUT2D eigenvalue weighted by molar-refractivity contribution is 6.35. The average molecular weight is 498 g/mol. The van der Waals surface area contributed by atoms with E-state index in [0.717, 1.165) is 16.7 Å². The second kappa shape index (κ2) is 11.7. The van der Waals surface area contributed by atoms with Crippen LogP contribution in [0.1, 0.15) is 29.2 Å². The smallest absolute Gasteiger partial charge is 0.331 e. The zero-order chi connectivity index (χ0) is 24.7. The topological polar surface area (TPSA) is 64.6 Å². The predicted molar refractivity (Wildman–Crippen MR) is 136 cm³/mol. The van der Waals surface area contributed by atoms with E-state index in [0.29, 0.717) is 27.0 Å². The van der Waals surface area contributed by atoms with Crippen LogP contribution in [0.4, 0.5) is 5.69 Å². The number of rotatable bonds is 8. The molecule has 0 aromatic heterocycles. The number of anilines is 1. The molecule has 0 saturated heterocycles. The number of esters is 1. The number of hydrogen-bond acceptors (Lipinski definition) is 4. The molecule has 0 fully saturated rings. The van der Waals surface area contributed by atoms with E-state index in [1.165, 1.54) is 13.0 Å². The molecule has 0 spiro atoms. The first-order valence-corrected chi connectivity index (χ1v) is 11.4. The van der Waals surface area contributed by atoms with Gasteiger partial charge in [-0.25, -0.2) is 4.79 Å². The molecule has 1 N–H and O–H groups in total. The molecule has 0 bridgehead atoms. The number of aryl methyl sites for hydroxylation is 2. The summed E-state index contributed by atoms with van der Waals surface area (Å²) in [6.07, 6.45) is 1.94. The SMILES string of the molecule is Cc1ccc(NC(=O)C(C)OC(=O)C=Cc2ccc(OCc3c(Cl)cccc3Cl)cc2)c(C)c1. The Morgan fingerprint density at radius 1 is 1.00 bits per heavy atom. The fraction of sp³-hybridized carbons (Fsp3) is 0.185. The molecule has 1 unspecified atom stereocenters. The molecule has 0 aliphatic carbocycles. The number of benzene rings is 3. The van der Waals surface area contributed by atoms with E-state index in [1.807, 2.05) is 32.0 Å². The zero-order valence-electron chi connectivity index (χ0n) is 19.1. The summed E-state index contributed by atoms with van der Waals surface area (Å²) >= 11 is 12.3. The fourth-order valence-corrected chi connectivity index (χ4v) is 3.63. The highest BCUT2D eigenvalue weighted by Gasteiger charge is 2.17. The van der Waals surface area contributed by atoms with Gasteiger partial charge in [-0.2, -0.15) is 0 Å². The van der Waals surface area contributed by atoms with Crippen molar-refractivity contribution in [2.24, 2.45) is 0 Å². The summed E-state index contributed by atoms with van der Waals surface area (Å²) in [5, 5.41) is 3.87. The Morgan fingerprint density at radius 2 is 1.68 bits per heavy atom. The van der Waals surface area contributed by atoms with Crippen molar-refractivity contribution in [2.75, 3.05) is 5.32 Å². The summed E-state index contributed by atoms with van der Waals surface area (Å²) in [6.45, 7) is 5.65. The molecule has 7 heteroatoms. The van der Waals surface area contributed by atoms with E-state index < -0.39 is 18.0 Å². The van der Waals surface area contributed by atoms with E-state index in [4.69, 9.17) is 32.7 Å². The van der Waals surface area contributed by atoms with Gasteiger partial charge in [0, 0.05) is 27.4 Å². The van der Waals surface area contributed by atoms with E-state index in [9.17, 15) is 9.59 Å². The first-order chi connectivity index (χ1) is 16.2. The first kappa shape index (κ1) is 25.3. The Hall–Kier alpha value is -3.28. The monoisotopic (exact) mass is 497 g/mol. The Labute approximate surface area is 209 Å². The lowest BCUT2D eigenvalue weighted by molar-refractivity contribution is -0.148. The molecule has 0 aliphatic heterocycles. The van der Waals surface area contributed by atoms with Gasteiger partial charge >= 0.3 is 5.97 Å². The Morgan fingerprint density at radius 3 is 2.32 bits per heavy atom. The van der Waals surface area contributed by atoms with Crippen molar-refractivity contribution < 1.29 is 19.1 Å². The lowest BCUT2D eigenvalue weighted by Crippen LogP contribution is -2.29. The highest BCUT2D eigenvalue weighted by Crippen LogP contribution is 2.26. The van der Waals surface area contributed by atoms with E-state index in [2.05, 4.69) is 5.32 Å². The molecule has 3 aromatic rings. The fourth-order valence-electron chi connectivity index (χ4n) is 3.12. The summed E-state index contributed by atoms with van der Waals surface area (Å²) in [5.74, 6) is -0.377. The third-order valence-electron chi connectivity index (χ3n) is 5.04. The van der Waals surface area contributed by atoms with Gasteiger partial charge in [0.05, 0.1) is 0 Å². The Balaban J connectivity index is 1.50. The molecule has 0 radical (unpaired) electrons. The van der Waals surface area contributed by atoms with Crippen LogP contribution in [-0.4, -0.2) is 18.0 Å². The second-order valence-electron chi connectivity index (χ2n) is 7.78. The van der Waals surface area contributed by atoms with E-state index in [-0.39, 0.29) is 6.61 Å². The van der Waals surface area contributed by atoms with Gasteiger partial charge in [0.15, 0.2) is 6.10 Å². The first-order valence-electron chi connectivity index (χ1n) is 10.7. The highest BCUT2D eigenvalue weighted by atomic mass is 35.5. The molecule has 176 valence electrons. The number of carbonyl (C=O) groups is 2. The zero-order valence-corrected chi connectivity index (χ0v) is 20.6. The third-order valence-corrected chi connectivity index (χ3v) is 5.75. The number of ether oxygens (including phenoxy) is 2. The molecule has 3 aromatic carbocycles. The quantitative estimate of drug-likeness (QED) is 0.275. The molecule has 0 aliphatic rings. The van der Waals surface area contributed by atoms with Gasteiger partial charge in [0.2, 0.25) is 0 Å². The van der Waals surface area contributed by atoms with Crippen LogP contribution in [0.5, 0.6) is 5.75 Å². The van der Waals surface area contributed by atoms with Crippen molar-refractivity contribution in [2.45, 2.75) is 33.5 Å². The number of carbonyl (C=O) groups excluding carboxylic acids is 2.